The van der Waals surface area contributed by atoms with Gasteiger partial charge in [0, 0.05) is 6.42 Å². The molecule has 12 heavy (non-hydrogen) atoms. The van der Waals surface area contributed by atoms with E-state index in [1.165, 1.54) is 4.90 Å². The van der Waals surface area contributed by atoms with Crippen molar-refractivity contribution in [3.8, 4) is 0 Å². The van der Waals surface area contributed by atoms with Gasteiger partial charge in [-0.15, -0.1) is 11.6 Å². The number of alkyl halides is 1. The summed E-state index contributed by atoms with van der Waals surface area (Å²) in [6, 6.07) is 0.802. The Morgan fingerprint density at radius 2 is 2.33 bits per heavy atom. The van der Waals surface area contributed by atoms with Crippen LogP contribution < -0.4 is 10.2 Å². The maximum atomic E-state index is 9.72. The molecule has 0 aliphatic carbocycles. The van der Waals surface area contributed by atoms with Gasteiger partial charge in [-0.2, -0.15) is 0 Å². The molecule has 4 heteroatoms. The summed E-state index contributed by atoms with van der Waals surface area (Å²) in [7, 11) is 2.05. The molecule has 4 N–H and O–H groups in total. The summed E-state index contributed by atoms with van der Waals surface area (Å²) < 4.78 is 0. The van der Waals surface area contributed by atoms with Crippen LogP contribution >= 0.6 is 11.6 Å². The van der Waals surface area contributed by atoms with E-state index in [0.717, 1.165) is 19.5 Å². The molecular formula is C8H17ClN2O+2. The number of likely N-dealkylation sites (N-methyl/N-ethyl adjacent to an activating group) is 1. The highest BCUT2D eigenvalue weighted by atomic mass is 35.5. The molecule has 2 aliphatic heterocycles. The summed E-state index contributed by atoms with van der Waals surface area (Å²) in [5.41, 5.74) is 0. The van der Waals surface area contributed by atoms with Crippen LogP contribution in [0.1, 0.15) is 6.42 Å². The van der Waals surface area contributed by atoms with Crippen molar-refractivity contribution >= 4 is 11.6 Å². The van der Waals surface area contributed by atoms with Crippen LogP contribution in [0, 0.1) is 0 Å². The van der Waals surface area contributed by atoms with Gasteiger partial charge < -0.3 is 15.3 Å². The standard InChI is InChI=1S/C8H15ClN2O/c1-10-7-5(9)4-11-3-2-6(12)8(7)11/h5-8,10,12H,2-4H2,1H3/p+2/t5-,6-,7-,8+/m1/s1. The van der Waals surface area contributed by atoms with Crippen molar-refractivity contribution in [2.24, 2.45) is 0 Å². The molecule has 2 saturated heterocycles. The van der Waals surface area contributed by atoms with Crippen molar-refractivity contribution in [3.05, 3.63) is 0 Å². The van der Waals surface area contributed by atoms with Crippen molar-refractivity contribution < 1.29 is 15.3 Å². The smallest absolute Gasteiger partial charge is 0.168 e. The van der Waals surface area contributed by atoms with Gasteiger partial charge in [0.2, 0.25) is 0 Å². The Morgan fingerprint density at radius 3 is 3.00 bits per heavy atom. The first-order chi connectivity index (χ1) is 5.74. The van der Waals surface area contributed by atoms with Gasteiger partial charge in [-0.1, -0.05) is 0 Å². The molecular weight excluding hydrogens is 176 g/mol. The van der Waals surface area contributed by atoms with E-state index in [1.54, 1.807) is 0 Å². The number of aliphatic hydroxyl groups is 1. The number of aliphatic hydroxyl groups excluding tert-OH is 1. The van der Waals surface area contributed by atoms with Crippen molar-refractivity contribution in [2.45, 2.75) is 30.0 Å². The van der Waals surface area contributed by atoms with E-state index in [2.05, 4.69) is 5.32 Å². The van der Waals surface area contributed by atoms with E-state index in [-0.39, 0.29) is 11.5 Å². The zero-order valence-electron chi connectivity index (χ0n) is 7.33. The van der Waals surface area contributed by atoms with E-state index in [1.807, 2.05) is 7.05 Å². The van der Waals surface area contributed by atoms with Crippen molar-refractivity contribution in [1.82, 2.24) is 0 Å². The lowest BCUT2D eigenvalue weighted by atomic mass is 10.0. The second-order valence-corrected chi connectivity index (χ2v) is 4.48. The van der Waals surface area contributed by atoms with Crippen LogP contribution in [0.25, 0.3) is 0 Å². The molecule has 0 aromatic heterocycles. The van der Waals surface area contributed by atoms with Gasteiger partial charge in [-0.05, 0) is 0 Å². The van der Waals surface area contributed by atoms with Crippen LogP contribution in [0.3, 0.4) is 0 Å². The van der Waals surface area contributed by atoms with Crippen LogP contribution in [0.5, 0.6) is 0 Å². The lowest BCUT2D eigenvalue weighted by molar-refractivity contribution is -0.911. The zero-order chi connectivity index (χ0) is 8.72. The Kier molecular flexibility index (Phi) is 2.29. The predicted octanol–water partition coefficient (Wildman–Crippen LogP) is -2.81. The number of rotatable bonds is 1. The quantitative estimate of drug-likeness (QED) is 0.386. The van der Waals surface area contributed by atoms with E-state index < -0.39 is 0 Å². The second-order valence-electron chi connectivity index (χ2n) is 3.92. The summed E-state index contributed by atoms with van der Waals surface area (Å²) in [4.78, 5) is 1.51. The third kappa shape index (κ3) is 1.16. The second kappa shape index (κ2) is 3.14. The minimum absolute atomic E-state index is 0.120. The number of quaternary nitrogens is 2. The average Bonchev–Trinajstić information content (AvgIpc) is 2.52. The van der Waals surface area contributed by atoms with Crippen LogP contribution in [-0.4, -0.2) is 48.8 Å². The Morgan fingerprint density at radius 1 is 1.58 bits per heavy atom. The molecule has 0 saturated carbocycles. The molecule has 3 nitrogen and oxygen atoms in total. The summed E-state index contributed by atoms with van der Waals surface area (Å²) in [5.74, 6) is 0. The third-order valence-corrected chi connectivity index (χ3v) is 3.77. The fraction of sp³-hybridized carbons (Fsp3) is 1.00. The number of hydrogen-bond donors (Lipinski definition) is 3. The number of halogens is 1. The first kappa shape index (κ1) is 8.75. The van der Waals surface area contributed by atoms with Crippen LogP contribution in [-0.2, 0) is 0 Å². The molecule has 0 aromatic rings. The van der Waals surface area contributed by atoms with Crippen molar-refractivity contribution in [1.29, 1.82) is 0 Å². The number of hydrogen-bond acceptors (Lipinski definition) is 1. The van der Waals surface area contributed by atoms with Gasteiger partial charge in [0.15, 0.2) is 12.1 Å². The SMILES string of the molecule is C[NH2+][C@H]1[C@@H]2[C@H](O)CC[NH+]2C[C@H]1Cl. The number of fused-ring (bicyclic) bond motifs is 1. The normalized spacial score (nSPS) is 52.8. The van der Waals surface area contributed by atoms with Gasteiger partial charge in [0.25, 0.3) is 0 Å². The summed E-state index contributed by atoms with van der Waals surface area (Å²) in [6.07, 6.45) is 0.832. The average molecular weight is 193 g/mol. The lowest BCUT2D eigenvalue weighted by Crippen LogP contribution is -3.14. The largest absolute Gasteiger partial charge is 0.386 e. The maximum Gasteiger partial charge on any atom is 0.168 e. The summed E-state index contributed by atoms with van der Waals surface area (Å²) in [6.45, 7) is 2.12. The van der Waals surface area contributed by atoms with E-state index in [0.29, 0.717) is 12.1 Å². The molecule has 0 radical (unpaired) electrons. The molecule has 2 rings (SSSR count). The highest BCUT2D eigenvalue weighted by Gasteiger charge is 2.53. The van der Waals surface area contributed by atoms with Gasteiger partial charge >= 0.3 is 0 Å². The van der Waals surface area contributed by atoms with Gasteiger partial charge in [0.1, 0.15) is 18.0 Å². The highest BCUT2D eigenvalue weighted by molar-refractivity contribution is 6.21. The fourth-order valence-electron chi connectivity index (χ4n) is 2.75. The minimum Gasteiger partial charge on any atom is -0.386 e. The predicted molar refractivity (Wildman–Crippen MR) is 46.4 cm³/mol. The van der Waals surface area contributed by atoms with Crippen LogP contribution in [0.2, 0.25) is 0 Å². The Balaban J connectivity index is 2.12. The minimum atomic E-state index is -0.120. The van der Waals surface area contributed by atoms with Crippen molar-refractivity contribution in [2.75, 3.05) is 20.1 Å². The van der Waals surface area contributed by atoms with Gasteiger partial charge in [0.05, 0.1) is 13.6 Å². The van der Waals surface area contributed by atoms with Crippen LogP contribution in [0.4, 0.5) is 0 Å². The molecule has 70 valence electrons. The monoisotopic (exact) mass is 192 g/mol. The van der Waals surface area contributed by atoms with E-state index >= 15 is 0 Å². The molecule has 0 amide bonds. The Bertz CT molecular complexity index is 178. The Hall–Kier alpha value is 0.170. The molecule has 0 spiro atoms. The van der Waals surface area contributed by atoms with Gasteiger partial charge in [-0.25, -0.2) is 0 Å². The fourth-order valence-corrected chi connectivity index (χ4v) is 3.25. The van der Waals surface area contributed by atoms with Crippen molar-refractivity contribution in [3.63, 3.8) is 0 Å². The summed E-state index contributed by atoms with van der Waals surface area (Å²) >= 11 is 6.18. The number of nitrogens with two attached hydrogens (primary N) is 1. The zero-order valence-corrected chi connectivity index (χ0v) is 8.09. The molecule has 2 aliphatic rings. The molecule has 1 unspecified atom stereocenters. The van der Waals surface area contributed by atoms with E-state index in [4.69, 9.17) is 11.6 Å². The molecule has 0 bridgehead atoms. The van der Waals surface area contributed by atoms with Crippen LogP contribution in [0.15, 0.2) is 0 Å². The molecule has 5 atom stereocenters. The first-order valence-corrected chi connectivity index (χ1v) is 5.14. The first-order valence-electron chi connectivity index (χ1n) is 4.70. The van der Waals surface area contributed by atoms with Gasteiger partial charge in [-0.3, -0.25) is 0 Å². The third-order valence-electron chi connectivity index (χ3n) is 3.32. The highest BCUT2D eigenvalue weighted by Crippen LogP contribution is 2.15. The maximum absolute atomic E-state index is 9.72. The Labute approximate surface area is 77.7 Å². The summed E-state index contributed by atoms with van der Waals surface area (Å²) in [5, 5.41) is 12.1. The van der Waals surface area contributed by atoms with E-state index in [9.17, 15) is 5.11 Å². The number of nitrogens with one attached hydrogen (secondary N) is 1. The lowest BCUT2D eigenvalue weighted by Gasteiger charge is -2.16. The molecule has 0 aromatic carbocycles. The topological polar surface area (TPSA) is 41.3 Å². The molecule has 2 heterocycles. The molecule has 2 fully saturated rings.